The van der Waals surface area contributed by atoms with E-state index in [0.717, 1.165) is 23.0 Å². The number of hydrogen-bond donors (Lipinski definition) is 2. The van der Waals surface area contributed by atoms with Crippen LogP contribution in [0.3, 0.4) is 0 Å². The Morgan fingerprint density at radius 2 is 1.91 bits per heavy atom. The van der Waals surface area contributed by atoms with Gasteiger partial charge in [-0.3, -0.25) is 9.59 Å². The van der Waals surface area contributed by atoms with Gasteiger partial charge in [0.15, 0.2) is 0 Å². The summed E-state index contributed by atoms with van der Waals surface area (Å²) in [5.41, 5.74) is 2.80. The molecule has 2 N–H and O–H groups in total. The Morgan fingerprint density at radius 3 is 2.57 bits per heavy atom. The van der Waals surface area contributed by atoms with E-state index in [1.807, 2.05) is 39.0 Å². The van der Waals surface area contributed by atoms with Gasteiger partial charge in [0.25, 0.3) is 0 Å². The first-order valence-corrected chi connectivity index (χ1v) is 8.63. The molecule has 23 heavy (non-hydrogen) atoms. The fourth-order valence-electron chi connectivity index (χ4n) is 4.35. The summed E-state index contributed by atoms with van der Waals surface area (Å²) >= 11 is 0. The van der Waals surface area contributed by atoms with E-state index < -0.39 is 11.8 Å². The van der Waals surface area contributed by atoms with E-state index in [2.05, 4.69) is 10.6 Å². The van der Waals surface area contributed by atoms with Gasteiger partial charge in [0, 0.05) is 11.7 Å². The molecule has 4 nitrogen and oxygen atoms in total. The van der Waals surface area contributed by atoms with Crippen LogP contribution in [-0.4, -0.2) is 17.9 Å². The number of carbonyl (C=O) groups is 2. The lowest BCUT2D eigenvalue weighted by Crippen LogP contribution is -2.45. The van der Waals surface area contributed by atoms with Crippen molar-refractivity contribution in [3.8, 4) is 0 Å². The van der Waals surface area contributed by atoms with Crippen LogP contribution >= 0.6 is 0 Å². The molecule has 1 aromatic carbocycles. The largest absolute Gasteiger partial charge is 0.345 e. The van der Waals surface area contributed by atoms with Crippen molar-refractivity contribution in [2.24, 2.45) is 17.8 Å². The minimum atomic E-state index is -0.575. The third-order valence-electron chi connectivity index (χ3n) is 5.85. The standard InChI is InChI=1S/C19H26N2O2/c1-11-5-4-6-17(12(11)2)21-19(23)18(22)20-13(3)16-10-14-7-8-15(16)9-14/h4-6,13-16H,7-10H2,1-3H3,(H,20,22)(H,21,23). The van der Waals surface area contributed by atoms with Gasteiger partial charge in [-0.05, 0) is 75.0 Å². The van der Waals surface area contributed by atoms with Gasteiger partial charge in [-0.2, -0.15) is 0 Å². The number of hydrogen-bond acceptors (Lipinski definition) is 2. The van der Waals surface area contributed by atoms with Crippen molar-refractivity contribution in [3.05, 3.63) is 29.3 Å². The van der Waals surface area contributed by atoms with Crippen molar-refractivity contribution < 1.29 is 9.59 Å². The molecular weight excluding hydrogens is 288 g/mol. The summed E-state index contributed by atoms with van der Waals surface area (Å²) in [6, 6.07) is 5.77. The molecule has 1 aromatic rings. The second-order valence-electron chi connectivity index (χ2n) is 7.30. The van der Waals surface area contributed by atoms with E-state index in [0.29, 0.717) is 11.6 Å². The molecule has 0 aromatic heterocycles. The van der Waals surface area contributed by atoms with E-state index >= 15 is 0 Å². The van der Waals surface area contributed by atoms with Crippen LogP contribution in [0.1, 0.15) is 43.7 Å². The Morgan fingerprint density at radius 1 is 1.13 bits per heavy atom. The average Bonchev–Trinajstić information content (AvgIpc) is 3.14. The number of anilines is 1. The van der Waals surface area contributed by atoms with E-state index in [-0.39, 0.29) is 6.04 Å². The molecule has 0 aliphatic heterocycles. The zero-order valence-corrected chi connectivity index (χ0v) is 14.2. The third kappa shape index (κ3) is 3.26. The average molecular weight is 314 g/mol. The fourth-order valence-corrected chi connectivity index (χ4v) is 4.35. The summed E-state index contributed by atoms with van der Waals surface area (Å²) in [4.78, 5) is 24.4. The highest BCUT2D eigenvalue weighted by molar-refractivity contribution is 6.39. The molecule has 2 bridgehead atoms. The molecule has 124 valence electrons. The van der Waals surface area contributed by atoms with Crippen LogP contribution < -0.4 is 10.6 Å². The normalized spacial score (nSPS) is 26.8. The molecule has 3 rings (SSSR count). The molecule has 2 saturated carbocycles. The zero-order valence-electron chi connectivity index (χ0n) is 14.2. The van der Waals surface area contributed by atoms with Gasteiger partial charge >= 0.3 is 11.8 Å². The molecule has 2 amide bonds. The van der Waals surface area contributed by atoms with E-state index in [1.54, 1.807) is 0 Å². The molecular formula is C19H26N2O2. The fraction of sp³-hybridized carbons (Fsp3) is 0.579. The molecule has 4 heteroatoms. The molecule has 0 saturated heterocycles. The highest BCUT2D eigenvalue weighted by atomic mass is 16.2. The predicted octanol–water partition coefficient (Wildman–Crippen LogP) is 3.18. The van der Waals surface area contributed by atoms with Crippen molar-refractivity contribution in [2.45, 2.75) is 52.5 Å². The van der Waals surface area contributed by atoms with E-state index in [9.17, 15) is 9.59 Å². The van der Waals surface area contributed by atoms with E-state index in [4.69, 9.17) is 0 Å². The summed E-state index contributed by atoms with van der Waals surface area (Å²) in [5, 5.41) is 5.64. The highest BCUT2D eigenvalue weighted by Crippen LogP contribution is 2.49. The van der Waals surface area contributed by atoms with Crippen LogP contribution in [0.5, 0.6) is 0 Å². The van der Waals surface area contributed by atoms with Crippen molar-refractivity contribution >= 4 is 17.5 Å². The van der Waals surface area contributed by atoms with Crippen molar-refractivity contribution in [3.63, 3.8) is 0 Å². The molecule has 2 aliphatic rings. The Kier molecular flexibility index (Phi) is 4.42. The SMILES string of the molecule is Cc1cccc(NC(=O)C(=O)NC(C)C2CC3CCC2C3)c1C. The first-order chi connectivity index (χ1) is 11.0. The van der Waals surface area contributed by atoms with Gasteiger partial charge < -0.3 is 10.6 Å². The van der Waals surface area contributed by atoms with Crippen LogP contribution in [0, 0.1) is 31.6 Å². The number of nitrogens with one attached hydrogen (secondary N) is 2. The van der Waals surface area contributed by atoms with Crippen molar-refractivity contribution in [1.29, 1.82) is 0 Å². The monoisotopic (exact) mass is 314 g/mol. The van der Waals surface area contributed by atoms with Gasteiger partial charge in [-0.25, -0.2) is 0 Å². The molecule has 2 fully saturated rings. The van der Waals surface area contributed by atoms with Gasteiger partial charge in [-0.1, -0.05) is 18.6 Å². The van der Waals surface area contributed by atoms with Gasteiger partial charge in [0.1, 0.15) is 0 Å². The van der Waals surface area contributed by atoms with Gasteiger partial charge in [0.05, 0.1) is 0 Å². The molecule has 4 unspecified atom stereocenters. The first kappa shape index (κ1) is 16.0. The molecule has 0 heterocycles. The molecule has 2 aliphatic carbocycles. The van der Waals surface area contributed by atoms with Crippen molar-refractivity contribution in [1.82, 2.24) is 5.32 Å². The van der Waals surface area contributed by atoms with Crippen molar-refractivity contribution in [2.75, 3.05) is 5.32 Å². The topological polar surface area (TPSA) is 58.2 Å². The third-order valence-corrected chi connectivity index (χ3v) is 5.85. The minimum absolute atomic E-state index is 0.0714. The Labute approximate surface area is 138 Å². The summed E-state index contributed by atoms with van der Waals surface area (Å²) < 4.78 is 0. The van der Waals surface area contributed by atoms with Crippen LogP contribution in [0.2, 0.25) is 0 Å². The Balaban J connectivity index is 1.57. The second-order valence-corrected chi connectivity index (χ2v) is 7.30. The number of amides is 2. The van der Waals surface area contributed by atoms with E-state index in [1.165, 1.54) is 25.7 Å². The molecule has 0 spiro atoms. The quantitative estimate of drug-likeness (QED) is 0.842. The predicted molar refractivity (Wildman–Crippen MR) is 91.1 cm³/mol. The van der Waals surface area contributed by atoms with Crippen LogP contribution in [-0.2, 0) is 9.59 Å². The maximum Gasteiger partial charge on any atom is 0.313 e. The van der Waals surface area contributed by atoms with Crippen LogP contribution in [0.4, 0.5) is 5.69 Å². The van der Waals surface area contributed by atoms with Crippen LogP contribution in [0.15, 0.2) is 18.2 Å². The number of rotatable bonds is 3. The molecule has 0 radical (unpaired) electrons. The molecule has 4 atom stereocenters. The first-order valence-electron chi connectivity index (χ1n) is 8.63. The minimum Gasteiger partial charge on any atom is -0.345 e. The second kappa shape index (κ2) is 6.34. The smallest absolute Gasteiger partial charge is 0.313 e. The highest BCUT2D eigenvalue weighted by Gasteiger charge is 2.42. The lowest BCUT2D eigenvalue weighted by atomic mass is 9.84. The Hall–Kier alpha value is -1.84. The van der Waals surface area contributed by atoms with Crippen LogP contribution in [0.25, 0.3) is 0 Å². The van der Waals surface area contributed by atoms with Gasteiger partial charge in [-0.15, -0.1) is 0 Å². The number of carbonyl (C=O) groups excluding carboxylic acids is 2. The summed E-state index contributed by atoms with van der Waals surface area (Å²) in [7, 11) is 0. The summed E-state index contributed by atoms with van der Waals surface area (Å²) in [6.07, 6.45) is 5.13. The number of fused-ring (bicyclic) bond motifs is 2. The number of aryl methyl sites for hydroxylation is 1. The lowest BCUT2D eigenvalue weighted by Gasteiger charge is -2.28. The number of benzene rings is 1. The maximum absolute atomic E-state index is 12.2. The summed E-state index contributed by atoms with van der Waals surface area (Å²) in [5.74, 6) is 1.01. The Bertz CT molecular complexity index is 626. The maximum atomic E-state index is 12.2. The lowest BCUT2D eigenvalue weighted by molar-refractivity contribution is -0.136. The zero-order chi connectivity index (χ0) is 16.6. The van der Waals surface area contributed by atoms with Gasteiger partial charge in [0.2, 0.25) is 0 Å². The summed E-state index contributed by atoms with van der Waals surface area (Å²) in [6.45, 7) is 5.97.